The number of carbonyl (C=O) groups excluding carboxylic acids is 1. The molecule has 128 valence electrons. The van der Waals surface area contributed by atoms with Gasteiger partial charge in [0.25, 0.3) is 11.8 Å². The third-order valence-electron chi connectivity index (χ3n) is 3.03. The Morgan fingerprint density at radius 3 is 2.68 bits per heavy atom. The fourth-order valence-corrected chi connectivity index (χ4v) is 2.44. The van der Waals surface area contributed by atoms with Crippen LogP contribution in [0.4, 0.5) is 14.5 Å². The van der Waals surface area contributed by atoms with Gasteiger partial charge in [0.1, 0.15) is 5.82 Å². The molecule has 6 nitrogen and oxygen atoms in total. The van der Waals surface area contributed by atoms with Crippen molar-refractivity contribution in [3.05, 3.63) is 58.6 Å². The second-order valence-electron chi connectivity index (χ2n) is 4.82. The Morgan fingerprint density at radius 1 is 1.20 bits per heavy atom. The summed E-state index contributed by atoms with van der Waals surface area (Å²) in [4.78, 5) is 11.8. The second-order valence-corrected chi connectivity index (χ2v) is 5.67. The van der Waals surface area contributed by atoms with Crippen molar-refractivity contribution in [2.75, 3.05) is 11.9 Å². The highest BCUT2D eigenvalue weighted by molar-refractivity contribution is 9.10. The summed E-state index contributed by atoms with van der Waals surface area (Å²) in [5, 5.41) is 9.74. The number of hydrogen-bond acceptors (Lipinski definition) is 5. The molecular formula is C16H10BrF2N3O3. The molecule has 3 aromatic rings. The summed E-state index contributed by atoms with van der Waals surface area (Å²) in [6.45, 7) is -0.486. The number of anilines is 1. The van der Waals surface area contributed by atoms with E-state index < -0.39 is 24.1 Å². The Bertz CT molecular complexity index is 880. The van der Waals surface area contributed by atoms with Crippen LogP contribution in [-0.4, -0.2) is 22.7 Å². The van der Waals surface area contributed by atoms with Crippen molar-refractivity contribution in [1.82, 2.24) is 10.2 Å². The molecule has 1 heterocycles. The first-order chi connectivity index (χ1) is 12.0. The van der Waals surface area contributed by atoms with Crippen LogP contribution >= 0.6 is 15.9 Å². The monoisotopic (exact) mass is 409 g/mol. The maximum atomic E-state index is 13.7. The summed E-state index contributed by atoms with van der Waals surface area (Å²) in [7, 11) is 0. The molecule has 0 unspecified atom stereocenters. The van der Waals surface area contributed by atoms with Gasteiger partial charge in [-0.3, -0.25) is 4.79 Å². The normalized spacial score (nSPS) is 10.5. The Kier molecular flexibility index (Phi) is 5.03. The van der Waals surface area contributed by atoms with Gasteiger partial charge >= 0.3 is 6.08 Å². The SMILES string of the molecule is O=C(COc1nnc(-c2ccccc2)o1)Nc1c(F)cc(F)cc1Br. The highest BCUT2D eigenvalue weighted by Gasteiger charge is 2.15. The fraction of sp³-hybridized carbons (Fsp3) is 0.0625. The number of nitrogens with one attached hydrogen (secondary N) is 1. The average molecular weight is 410 g/mol. The lowest BCUT2D eigenvalue weighted by Gasteiger charge is -2.08. The first kappa shape index (κ1) is 17.0. The van der Waals surface area contributed by atoms with Crippen LogP contribution in [-0.2, 0) is 4.79 Å². The van der Waals surface area contributed by atoms with Crippen molar-refractivity contribution in [3.63, 3.8) is 0 Å². The van der Waals surface area contributed by atoms with E-state index in [0.717, 1.165) is 6.07 Å². The molecule has 0 saturated carbocycles. The largest absolute Gasteiger partial charge is 0.439 e. The van der Waals surface area contributed by atoms with E-state index in [2.05, 4.69) is 31.4 Å². The number of benzene rings is 2. The zero-order valence-electron chi connectivity index (χ0n) is 12.5. The molecule has 0 atom stereocenters. The number of nitrogens with zero attached hydrogens (tertiary/aromatic N) is 2. The first-order valence-electron chi connectivity index (χ1n) is 6.99. The first-order valence-corrected chi connectivity index (χ1v) is 7.78. The molecule has 0 radical (unpaired) electrons. The van der Waals surface area contributed by atoms with Gasteiger partial charge in [-0.15, -0.1) is 5.10 Å². The molecule has 0 saturated heterocycles. The van der Waals surface area contributed by atoms with Gasteiger partial charge < -0.3 is 14.5 Å². The Balaban J connectivity index is 1.61. The van der Waals surface area contributed by atoms with Crippen LogP contribution in [0.2, 0.25) is 0 Å². The van der Waals surface area contributed by atoms with Gasteiger partial charge in [0.15, 0.2) is 12.4 Å². The molecule has 0 bridgehead atoms. The lowest BCUT2D eigenvalue weighted by atomic mass is 10.2. The molecule has 0 spiro atoms. The number of rotatable bonds is 5. The topological polar surface area (TPSA) is 77.2 Å². The van der Waals surface area contributed by atoms with E-state index in [1.54, 1.807) is 12.1 Å². The summed E-state index contributed by atoms with van der Waals surface area (Å²) < 4.78 is 37.1. The van der Waals surface area contributed by atoms with Gasteiger partial charge in [0.2, 0.25) is 0 Å². The van der Waals surface area contributed by atoms with Crippen molar-refractivity contribution in [1.29, 1.82) is 0 Å². The summed E-state index contributed by atoms with van der Waals surface area (Å²) in [6.07, 6.45) is -0.201. The van der Waals surface area contributed by atoms with E-state index in [0.29, 0.717) is 11.6 Å². The highest BCUT2D eigenvalue weighted by atomic mass is 79.9. The van der Waals surface area contributed by atoms with E-state index in [9.17, 15) is 13.6 Å². The maximum absolute atomic E-state index is 13.7. The summed E-state index contributed by atoms with van der Waals surface area (Å²) in [5.41, 5.74) is 0.511. The molecule has 1 N–H and O–H groups in total. The molecule has 9 heteroatoms. The Labute approximate surface area is 149 Å². The minimum absolute atomic E-state index is 0.0718. The molecule has 0 aliphatic rings. The molecule has 0 fully saturated rings. The van der Waals surface area contributed by atoms with Crippen LogP contribution < -0.4 is 10.1 Å². The van der Waals surface area contributed by atoms with E-state index in [1.165, 1.54) is 0 Å². The third kappa shape index (κ3) is 4.18. The third-order valence-corrected chi connectivity index (χ3v) is 3.65. The Hall–Kier alpha value is -2.81. The van der Waals surface area contributed by atoms with Crippen LogP contribution in [0.5, 0.6) is 6.08 Å². The van der Waals surface area contributed by atoms with Crippen LogP contribution in [0.3, 0.4) is 0 Å². The zero-order chi connectivity index (χ0) is 17.8. The predicted molar refractivity (Wildman–Crippen MR) is 87.9 cm³/mol. The van der Waals surface area contributed by atoms with Crippen molar-refractivity contribution in [3.8, 4) is 17.5 Å². The summed E-state index contributed by atoms with van der Waals surface area (Å²) in [5.74, 6) is -2.11. The number of aromatic nitrogens is 2. The number of carbonyl (C=O) groups is 1. The van der Waals surface area contributed by atoms with E-state index in [-0.39, 0.29) is 22.1 Å². The number of amides is 1. The molecule has 1 aromatic heterocycles. The highest BCUT2D eigenvalue weighted by Crippen LogP contribution is 2.27. The Morgan fingerprint density at radius 2 is 1.96 bits per heavy atom. The average Bonchev–Trinajstić information content (AvgIpc) is 3.06. The van der Waals surface area contributed by atoms with Crippen LogP contribution in [0.1, 0.15) is 0 Å². The number of halogens is 3. The lowest BCUT2D eigenvalue weighted by Crippen LogP contribution is -2.21. The zero-order valence-corrected chi connectivity index (χ0v) is 14.1. The standard InChI is InChI=1S/C16H10BrF2N3O3/c17-11-6-10(18)7-12(19)14(11)20-13(23)8-24-16-22-21-15(25-16)9-4-2-1-3-5-9/h1-7H,8H2,(H,20,23). The van der Waals surface area contributed by atoms with Gasteiger partial charge in [-0.05, 0) is 34.1 Å². The van der Waals surface area contributed by atoms with E-state index >= 15 is 0 Å². The lowest BCUT2D eigenvalue weighted by molar-refractivity contribution is -0.118. The van der Waals surface area contributed by atoms with Crippen molar-refractivity contribution >= 4 is 27.5 Å². The minimum atomic E-state index is -0.913. The molecule has 0 aliphatic carbocycles. The van der Waals surface area contributed by atoms with Gasteiger partial charge in [-0.25, -0.2) is 8.78 Å². The minimum Gasteiger partial charge on any atom is -0.439 e. The summed E-state index contributed by atoms with van der Waals surface area (Å²) >= 11 is 2.98. The summed E-state index contributed by atoms with van der Waals surface area (Å²) in [6, 6.07) is 10.7. The quantitative estimate of drug-likeness (QED) is 0.693. The van der Waals surface area contributed by atoms with Crippen molar-refractivity contribution in [2.45, 2.75) is 0 Å². The van der Waals surface area contributed by atoms with Gasteiger partial charge in [0, 0.05) is 16.1 Å². The molecule has 2 aromatic carbocycles. The van der Waals surface area contributed by atoms with E-state index in [4.69, 9.17) is 9.15 Å². The fourth-order valence-electron chi connectivity index (χ4n) is 1.93. The second kappa shape index (κ2) is 7.39. The number of hydrogen-bond donors (Lipinski definition) is 1. The van der Waals surface area contributed by atoms with Crippen molar-refractivity contribution in [2.24, 2.45) is 0 Å². The van der Waals surface area contributed by atoms with Gasteiger partial charge in [-0.2, -0.15) is 0 Å². The van der Waals surface area contributed by atoms with Crippen LogP contribution in [0.25, 0.3) is 11.5 Å². The maximum Gasteiger partial charge on any atom is 0.415 e. The number of ether oxygens (including phenoxy) is 1. The smallest absolute Gasteiger partial charge is 0.415 e. The molecule has 25 heavy (non-hydrogen) atoms. The van der Waals surface area contributed by atoms with Gasteiger partial charge in [-0.1, -0.05) is 23.3 Å². The van der Waals surface area contributed by atoms with Crippen molar-refractivity contribution < 1.29 is 22.7 Å². The van der Waals surface area contributed by atoms with E-state index in [1.807, 2.05) is 18.2 Å². The predicted octanol–water partition coefficient (Wildman–Crippen LogP) is 3.79. The van der Waals surface area contributed by atoms with Crippen LogP contribution in [0.15, 0.2) is 51.4 Å². The molecule has 0 aliphatic heterocycles. The molecule has 3 rings (SSSR count). The van der Waals surface area contributed by atoms with Crippen LogP contribution in [0, 0.1) is 11.6 Å². The molecular weight excluding hydrogens is 400 g/mol. The molecule has 1 amide bonds. The van der Waals surface area contributed by atoms with Gasteiger partial charge in [0.05, 0.1) is 5.69 Å².